The van der Waals surface area contributed by atoms with E-state index >= 15 is 0 Å². The summed E-state index contributed by atoms with van der Waals surface area (Å²) in [6, 6.07) is 10.4. The molecule has 0 radical (unpaired) electrons. The first kappa shape index (κ1) is 13.7. The molecule has 1 aromatic heterocycles. The number of rotatable bonds is 6. The molecule has 0 saturated heterocycles. The molecular formula is C14H18N4S. The lowest BCUT2D eigenvalue weighted by Crippen LogP contribution is -2.16. The molecule has 1 N–H and O–H groups in total. The van der Waals surface area contributed by atoms with Gasteiger partial charge in [-0.15, -0.1) is 11.8 Å². The van der Waals surface area contributed by atoms with E-state index in [0.29, 0.717) is 0 Å². The molecule has 1 heterocycles. The smallest absolute Gasteiger partial charge is 0.171 e. The summed E-state index contributed by atoms with van der Waals surface area (Å²) in [6.45, 7) is 0.860. The van der Waals surface area contributed by atoms with Crippen molar-refractivity contribution in [3.63, 3.8) is 0 Å². The van der Waals surface area contributed by atoms with E-state index in [1.165, 1.54) is 4.90 Å². The molecule has 0 spiro atoms. The zero-order valence-corrected chi connectivity index (χ0v) is 12.0. The molecule has 0 atom stereocenters. The molecule has 0 fully saturated rings. The summed E-state index contributed by atoms with van der Waals surface area (Å²) in [7, 11) is 3.93. The average Bonchev–Trinajstić information content (AvgIpc) is 2.45. The number of nitrogens with one attached hydrogen (secondary N) is 1. The summed E-state index contributed by atoms with van der Waals surface area (Å²) in [5, 5.41) is 3.33. The Hall–Kier alpha value is -1.75. The van der Waals surface area contributed by atoms with E-state index in [-0.39, 0.29) is 0 Å². The van der Waals surface area contributed by atoms with Crippen LogP contribution in [0.2, 0.25) is 0 Å². The molecule has 0 bridgehead atoms. The van der Waals surface area contributed by atoms with Gasteiger partial charge in [0.1, 0.15) is 0 Å². The summed E-state index contributed by atoms with van der Waals surface area (Å²) in [5.41, 5.74) is 0. The predicted molar refractivity (Wildman–Crippen MR) is 82.0 cm³/mol. The molecule has 19 heavy (non-hydrogen) atoms. The zero-order valence-electron chi connectivity index (χ0n) is 11.2. The third-order valence-corrected chi connectivity index (χ3v) is 3.52. The van der Waals surface area contributed by atoms with Crippen molar-refractivity contribution in [2.24, 2.45) is 0 Å². The standard InChI is InChI=1S/C14H18N4S/c1-18(2)14-13(15-8-9-17-14)16-10-11-19-12-6-4-3-5-7-12/h3-9H,10-11H2,1-2H3,(H,15,16). The van der Waals surface area contributed by atoms with Crippen LogP contribution in [0, 0.1) is 0 Å². The molecule has 0 aliphatic carbocycles. The Bertz CT molecular complexity index is 502. The Morgan fingerprint density at radius 1 is 1.11 bits per heavy atom. The van der Waals surface area contributed by atoms with Gasteiger partial charge in [0.2, 0.25) is 0 Å². The SMILES string of the molecule is CN(C)c1nccnc1NCCSc1ccccc1. The highest BCUT2D eigenvalue weighted by Gasteiger charge is 2.05. The fourth-order valence-electron chi connectivity index (χ4n) is 1.64. The topological polar surface area (TPSA) is 41.1 Å². The second-order valence-corrected chi connectivity index (χ2v) is 5.38. The van der Waals surface area contributed by atoms with Crippen LogP contribution in [0.4, 0.5) is 11.6 Å². The monoisotopic (exact) mass is 274 g/mol. The van der Waals surface area contributed by atoms with E-state index in [1.54, 1.807) is 12.4 Å². The number of anilines is 2. The fraction of sp³-hybridized carbons (Fsp3) is 0.286. The van der Waals surface area contributed by atoms with Crippen LogP contribution in [0.25, 0.3) is 0 Å². The number of hydrogen-bond donors (Lipinski definition) is 1. The number of hydrogen-bond acceptors (Lipinski definition) is 5. The van der Waals surface area contributed by atoms with Gasteiger partial charge in [0.25, 0.3) is 0 Å². The lowest BCUT2D eigenvalue weighted by atomic mass is 10.4. The summed E-state index contributed by atoms with van der Waals surface area (Å²) in [5.74, 6) is 2.70. The van der Waals surface area contributed by atoms with E-state index in [9.17, 15) is 0 Å². The minimum Gasteiger partial charge on any atom is -0.366 e. The molecule has 100 valence electrons. The first-order valence-electron chi connectivity index (χ1n) is 6.17. The molecule has 0 unspecified atom stereocenters. The molecular weight excluding hydrogens is 256 g/mol. The highest BCUT2D eigenvalue weighted by atomic mass is 32.2. The molecule has 2 aromatic rings. The van der Waals surface area contributed by atoms with Crippen molar-refractivity contribution in [3.8, 4) is 0 Å². The first-order valence-corrected chi connectivity index (χ1v) is 7.16. The van der Waals surface area contributed by atoms with Crippen LogP contribution >= 0.6 is 11.8 Å². The van der Waals surface area contributed by atoms with Gasteiger partial charge < -0.3 is 10.2 Å². The van der Waals surface area contributed by atoms with Gasteiger partial charge in [0, 0.05) is 43.7 Å². The van der Waals surface area contributed by atoms with Crippen molar-refractivity contribution in [2.75, 3.05) is 36.6 Å². The van der Waals surface area contributed by atoms with Crippen LogP contribution in [0.15, 0.2) is 47.6 Å². The van der Waals surface area contributed by atoms with E-state index in [4.69, 9.17) is 0 Å². The Morgan fingerprint density at radius 3 is 2.58 bits per heavy atom. The summed E-state index contributed by atoms with van der Waals surface area (Å²) >= 11 is 1.83. The quantitative estimate of drug-likeness (QED) is 0.648. The molecule has 1 aromatic carbocycles. The molecule has 5 heteroatoms. The number of aromatic nitrogens is 2. The van der Waals surface area contributed by atoms with E-state index in [2.05, 4.69) is 39.6 Å². The largest absolute Gasteiger partial charge is 0.366 e. The lowest BCUT2D eigenvalue weighted by Gasteiger charge is -2.15. The summed E-state index contributed by atoms with van der Waals surface area (Å²) in [6.07, 6.45) is 3.42. The molecule has 0 saturated carbocycles. The van der Waals surface area contributed by atoms with Gasteiger partial charge in [-0.05, 0) is 12.1 Å². The Balaban J connectivity index is 1.83. The van der Waals surface area contributed by atoms with Gasteiger partial charge in [0.15, 0.2) is 11.6 Å². The normalized spacial score (nSPS) is 10.2. The van der Waals surface area contributed by atoms with E-state index in [1.807, 2.05) is 36.8 Å². The maximum atomic E-state index is 4.32. The third-order valence-electron chi connectivity index (χ3n) is 2.51. The number of benzene rings is 1. The Labute approximate surface area is 118 Å². The van der Waals surface area contributed by atoms with Crippen molar-refractivity contribution >= 4 is 23.4 Å². The number of nitrogens with zero attached hydrogens (tertiary/aromatic N) is 3. The van der Waals surface area contributed by atoms with Gasteiger partial charge in [-0.3, -0.25) is 0 Å². The molecule has 4 nitrogen and oxygen atoms in total. The van der Waals surface area contributed by atoms with E-state index in [0.717, 1.165) is 23.9 Å². The van der Waals surface area contributed by atoms with Gasteiger partial charge in [-0.2, -0.15) is 0 Å². The van der Waals surface area contributed by atoms with Crippen molar-refractivity contribution in [2.45, 2.75) is 4.90 Å². The molecule has 0 aliphatic heterocycles. The van der Waals surface area contributed by atoms with E-state index < -0.39 is 0 Å². The van der Waals surface area contributed by atoms with Crippen LogP contribution in [0.1, 0.15) is 0 Å². The van der Waals surface area contributed by atoms with Gasteiger partial charge in [-0.1, -0.05) is 18.2 Å². The summed E-state index contributed by atoms with van der Waals surface area (Å²) < 4.78 is 0. The fourth-order valence-corrected chi connectivity index (χ4v) is 2.43. The molecule has 0 aliphatic rings. The van der Waals surface area contributed by atoms with Gasteiger partial charge in [0.05, 0.1) is 0 Å². The Morgan fingerprint density at radius 2 is 1.84 bits per heavy atom. The number of thioether (sulfide) groups is 1. The van der Waals surface area contributed by atoms with Crippen LogP contribution in [-0.4, -0.2) is 36.4 Å². The maximum Gasteiger partial charge on any atom is 0.171 e. The lowest BCUT2D eigenvalue weighted by molar-refractivity contribution is 1.03. The molecule has 0 amide bonds. The minimum absolute atomic E-state index is 0.834. The molecule has 2 rings (SSSR count). The zero-order chi connectivity index (χ0) is 13.5. The van der Waals surface area contributed by atoms with Gasteiger partial charge in [-0.25, -0.2) is 9.97 Å². The second kappa shape index (κ2) is 6.99. The Kier molecular flexibility index (Phi) is 5.03. The van der Waals surface area contributed by atoms with Crippen molar-refractivity contribution in [3.05, 3.63) is 42.7 Å². The van der Waals surface area contributed by atoms with Crippen LogP contribution in [0.3, 0.4) is 0 Å². The van der Waals surface area contributed by atoms with Crippen molar-refractivity contribution in [1.29, 1.82) is 0 Å². The second-order valence-electron chi connectivity index (χ2n) is 4.21. The summed E-state index contributed by atoms with van der Waals surface area (Å²) in [4.78, 5) is 11.9. The van der Waals surface area contributed by atoms with Crippen molar-refractivity contribution in [1.82, 2.24) is 9.97 Å². The highest BCUT2D eigenvalue weighted by molar-refractivity contribution is 7.99. The highest BCUT2D eigenvalue weighted by Crippen LogP contribution is 2.19. The first-order chi connectivity index (χ1) is 9.27. The van der Waals surface area contributed by atoms with Crippen LogP contribution in [-0.2, 0) is 0 Å². The maximum absolute atomic E-state index is 4.32. The minimum atomic E-state index is 0.834. The third kappa shape index (κ3) is 4.13. The van der Waals surface area contributed by atoms with Crippen LogP contribution in [0.5, 0.6) is 0 Å². The van der Waals surface area contributed by atoms with Gasteiger partial charge >= 0.3 is 0 Å². The average molecular weight is 274 g/mol. The van der Waals surface area contributed by atoms with Crippen LogP contribution < -0.4 is 10.2 Å². The predicted octanol–water partition coefficient (Wildman–Crippen LogP) is 2.75. The van der Waals surface area contributed by atoms with Crippen molar-refractivity contribution < 1.29 is 0 Å².